The van der Waals surface area contributed by atoms with E-state index in [0.717, 1.165) is 38.8 Å². The Hall–Kier alpha value is -2.63. The number of hydrogen-bond donors (Lipinski definition) is 2. The monoisotopic (exact) mass is 340 g/mol. The summed E-state index contributed by atoms with van der Waals surface area (Å²) >= 11 is 0. The maximum absolute atomic E-state index is 14.4. The number of halogens is 1. The predicted molar refractivity (Wildman–Crippen MR) is 96.7 cm³/mol. The standard InChI is InChI=1S/C19H21FN4O/c20-16-12-15(5-6-17(16)24-9-1-2-10-24)23-19(25)13-7-8-21-18(11-13)22-14-3-4-14/h5-8,11-12,14H,1-4,9-10H2,(H,21,22)(H,23,25). The van der Waals surface area contributed by atoms with Gasteiger partial charge in [0.25, 0.3) is 5.91 Å². The number of carbonyl (C=O) groups excluding carboxylic acids is 1. The fourth-order valence-electron chi connectivity index (χ4n) is 3.09. The van der Waals surface area contributed by atoms with Crippen molar-refractivity contribution < 1.29 is 9.18 Å². The van der Waals surface area contributed by atoms with Gasteiger partial charge in [0.15, 0.2) is 0 Å². The molecule has 1 saturated heterocycles. The summed E-state index contributed by atoms with van der Waals surface area (Å²) in [6, 6.07) is 8.72. The molecule has 1 saturated carbocycles. The molecule has 4 rings (SSSR count). The van der Waals surface area contributed by atoms with E-state index in [-0.39, 0.29) is 11.7 Å². The van der Waals surface area contributed by atoms with Gasteiger partial charge in [0, 0.05) is 36.6 Å². The molecule has 0 unspecified atom stereocenters. The van der Waals surface area contributed by atoms with E-state index in [1.807, 2.05) is 4.90 Å². The molecule has 2 fully saturated rings. The van der Waals surface area contributed by atoms with Crippen molar-refractivity contribution in [2.75, 3.05) is 28.6 Å². The van der Waals surface area contributed by atoms with Gasteiger partial charge in [-0.25, -0.2) is 9.37 Å². The lowest BCUT2D eigenvalue weighted by molar-refractivity contribution is 0.102. The van der Waals surface area contributed by atoms with Crippen molar-refractivity contribution in [3.05, 3.63) is 47.9 Å². The van der Waals surface area contributed by atoms with Crippen LogP contribution in [0, 0.1) is 5.82 Å². The molecular weight excluding hydrogens is 319 g/mol. The molecule has 1 aromatic heterocycles. The third-order valence-electron chi connectivity index (χ3n) is 4.60. The number of carbonyl (C=O) groups is 1. The first-order valence-electron chi connectivity index (χ1n) is 8.77. The number of nitrogens with zero attached hydrogens (tertiary/aromatic N) is 2. The summed E-state index contributed by atoms with van der Waals surface area (Å²) in [4.78, 5) is 18.7. The minimum atomic E-state index is -0.300. The van der Waals surface area contributed by atoms with Crippen molar-refractivity contribution in [2.24, 2.45) is 0 Å². The van der Waals surface area contributed by atoms with Gasteiger partial charge in [-0.2, -0.15) is 0 Å². The Morgan fingerprint density at radius 1 is 1.16 bits per heavy atom. The highest BCUT2D eigenvalue weighted by Gasteiger charge is 2.21. The molecule has 6 heteroatoms. The molecule has 1 aliphatic carbocycles. The van der Waals surface area contributed by atoms with Gasteiger partial charge in [0.1, 0.15) is 11.6 Å². The molecular formula is C19H21FN4O. The van der Waals surface area contributed by atoms with Gasteiger partial charge in [-0.15, -0.1) is 0 Å². The Kier molecular flexibility index (Phi) is 4.26. The molecule has 0 bridgehead atoms. The Labute approximate surface area is 146 Å². The molecule has 0 atom stereocenters. The summed E-state index contributed by atoms with van der Waals surface area (Å²) in [5.41, 5.74) is 1.57. The van der Waals surface area contributed by atoms with Crippen molar-refractivity contribution >= 4 is 23.1 Å². The zero-order valence-electron chi connectivity index (χ0n) is 14.0. The summed E-state index contributed by atoms with van der Waals surface area (Å²) in [6.07, 6.45) is 6.08. The molecule has 2 N–H and O–H groups in total. The van der Waals surface area contributed by atoms with Crippen LogP contribution in [0.3, 0.4) is 0 Å². The van der Waals surface area contributed by atoms with Gasteiger partial charge in [-0.3, -0.25) is 4.79 Å². The van der Waals surface area contributed by atoms with Gasteiger partial charge in [-0.05, 0) is 56.0 Å². The zero-order chi connectivity index (χ0) is 17.2. The van der Waals surface area contributed by atoms with Crippen LogP contribution in [0.4, 0.5) is 21.6 Å². The normalized spacial score (nSPS) is 16.8. The van der Waals surface area contributed by atoms with Gasteiger partial charge >= 0.3 is 0 Å². The SMILES string of the molecule is O=C(Nc1ccc(N2CCCC2)c(F)c1)c1ccnc(NC2CC2)c1. The molecule has 0 radical (unpaired) electrons. The van der Waals surface area contributed by atoms with E-state index in [2.05, 4.69) is 15.6 Å². The van der Waals surface area contributed by atoms with Crippen LogP contribution >= 0.6 is 0 Å². The van der Waals surface area contributed by atoms with Crippen LogP contribution in [0.5, 0.6) is 0 Å². The summed E-state index contributed by atoms with van der Waals surface area (Å²) < 4.78 is 14.4. The maximum atomic E-state index is 14.4. The Balaban J connectivity index is 1.45. The van der Waals surface area contributed by atoms with Crippen LogP contribution < -0.4 is 15.5 Å². The lowest BCUT2D eigenvalue weighted by Crippen LogP contribution is -2.19. The summed E-state index contributed by atoms with van der Waals surface area (Å²) in [5.74, 6) is 0.130. The summed E-state index contributed by atoms with van der Waals surface area (Å²) in [7, 11) is 0. The maximum Gasteiger partial charge on any atom is 0.255 e. The number of nitrogens with one attached hydrogen (secondary N) is 2. The molecule has 1 aromatic carbocycles. The van der Waals surface area contributed by atoms with Gasteiger partial charge in [-0.1, -0.05) is 0 Å². The smallest absolute Gasteiger partial charge is 0.255 e. The molecule has 1 aliphatic heterocycles. The molecule has 5 nitrogen and oxygen atoms in total. The fourth-order valence-corrected chi connectivity index (χ4v) is 3.09. The highest BCUT2D eigenvalue weighted by molar-refractivity contribution is 6.04. The molecule has 2 aliphatic rings. The highest BCUT2D eigenvalue weighted by atomic mass is 19.1. The van der Waals surface area contributed by atoms with E-state index in [9.17, 15) is 9.18 Å². The molecule has 2 aromatic rings. The minimum Gasteiger partial charge on any atom is -0.369 e. The van der Waals surface area contributed by atoms with E-state index in [4.69, 9.17) is 0 Å². The van der Waals surface area contributed by atoms with Gasteiger partial charge in [0.2, 0.25) is 0 Å². The quantitative estimate of drug-likeness (QED) is 0.872. The lowest BCUT2D eigenvalue weighted by Gasteiger charge is -2.18. The Morgan fingerprint density at radius 2 is 1.96 bits per heavy atom. The number of rotatable bonds is 5. The van der Waals surface area contributed by atoms with E-state index in [1.165, 1.54) is 6.07 Å². The number of aromatic nitrogens is 1. The van der Waals surface area contributed by atoms with E-state index >= 15 is 0 Å². The first kappa shape index (κ1) is 15.9. The predicted octanol–water partition coefficient (Wildman–Crippen LogP) is 3.65. The molecule has 0 spiro atoms. The average Bonchev–Trinajstić information content (AvgIpc) is 3.25. The Morgan fingerprint density at radius 3 is 2.68 bits per heavy atom. The second-order valence-corrected chi connectivity index (χ2v) is 6.66. The number of hydrogen-bond acceptors (Lipinski definition) is 4. The van der Waals surface area contributed by atoms with Crippen LogP contribution in [0.25, 0.3) is 0 Å². The van der Waals surface area contributed by atoms with E-state index < -0.39 is 0 Å². The molecule has 25 heavy (non-hydrogen) atoms. The van der Waals surface area contributed by atoms with Crippen LogP contribution in [-0.2, 0) is 0 Å². The summed E-state index contributed by atoms with van der Waals surface area (Å²) in [5, 5.41) is 6.03. The molecule has 130 valence electrons. The average molecular weight is 340 g/mol. The van der Waals surface area contributed by atoms with Crippen molar-refractivity contribution in [3.8, 4) is 0 Å². The highest BCUT2D eigenvalue weighted by Crippen LogP contribution is 2.27. The topological polar surface area (TPSA) is 57.3 Å². The van der Waals surface area contributed by atoms with Crippen LogP contribution in [0.15, 0.2) is 36.5 Å². The minimum absolute atomic E-state index is 0.269. The second kappa shape index (κ2) is 6.70. The zero-order valence-corrected chi connectivity index (χ0v) is 14.0. The first-order chi connectivity index (χ1) is 12.2. The van der Waals surface area contributed by atoms with Crippen LogP contribution in [0.2, 0.25) is 0 Å². The van der Waals surface area contributed by atoms with E-state index in [1.54, 1.807) is 30.5 Å². The molecule has 1 amide bonds. The number of pyridine rings is 1. The first-order valence-corrected chi connectivity index (χ1v) is 8.77. The van der Waals surface area contributed by atoms with Crippen molar-refractivity contribution in [1.29, 1.82) is 0 Å². The van der Waals surface area contributed by atoms with Gasteiger partial charge < -0.3 is 15.5 Å². The number of benzene rings is 1. The molecule has 2 heterocycles. The van der Waals surface area contributed by atoms with E-state index in [0.29, 0.717) is 28.8 Å². The summed E-state index contributed by atoms with van der Waals surface area (Å²) in [6.45, 7) is 1.77. The fraction of sp³-hybridized carbons (Fsp3) is 0.368. The van der Waals surface area contributed by atoms with Crippen LogP contribution in [0.1, 0.15) is 36.0 Å². The largest absolute Gasteiger partial charge is 0.369 e. The van der Waals surface area contributed by atoms with Crippen molar-refractivity contribution in [1.82, 2.24) is 4.98 Å². The van der Waals surface area contributed by atoms with Crippen LogP contribution in [-0.4, -0.2) is 30.0 Å². The number of amides is 1. The lowest BCUT2D eigenvalue weighted by atomic mass is 10.2. The van der Waals surface area contributed by atoms with Crippen molar-refractivity contribution in [3.63, 3.8) is 0 Å². The third kappa shape index (κ3) is 3.73. The third-order valence-corrected chi connectivity index (χ3v) is 4.60. The Bertz CT molecular complexity index is 785. The van der Waals surface area contributed by atoms with Gasteiger partial charge in [0.05, 0.1) is 5.69 Å². The van der Waals surface area contributed by atoms with Crippen molar-refractivity contribution in [2.45, 2.75) is 31.7 Å². The second-order valence-electron chi connectivity index (χ2n) is 6.66. The number of anilines is 3.